The molecule has 2 aromatic rings. The van der Waals surface area contributed by atoms with Crippen molar-refractivity contribution >= 4 is 0 Å². The summed E-state index contributed by atoms with van der Waals surface area (Å²) in [6, 6.07) is 3.91. The Kier molecular flexibility index (Phi) is 4.41. The van der Waals surface area contributed by atoms with Crippen molar-refractivity contribution in [1.82, 2.24) is 24.6 Å². The Labute approximate surface area is 149 Å². The average molecular weight is 343 g/mol. The van der Waals surface area contributed by atoms with E-state index in [1.807, 2.05) is 12.1 Å². The van der Waals surface area contributed by atoms with Crippen molar-refractivity contribution < 1.29 is 4.42 Å². The van der Waals surface area contributed by atoms with E-state index in [1.165, 1.54) is 13.0 Å². The van der Waals surface area contributed by atoms with E-state index in [-0.39, 0.29) is 5.54 Å². The lowest BCUT2D eigenvalue weighted by Crippen LogP contribution is -2.55. The Bertz CT molecular complexity index is 699. The van der Waals surface area contributed by atoms with Gasteiger partial charge in [0, 0.05) is 26.2 Å². The molecule has 0 bridgehead atoms. The summed E-state index contributed by atoms with van der Waals surface area (Å²) >= 11 is 0. The first-order valence-corrected chi connectivity index (χ1v) is 9.51. The Morgan fingerprint density at radius 2 is 2.08 bits per heavy atom. The van der Waals surface area contributed by atoms with Gasteiger partial charge in [-0.05, 0) is 37.9 Å². The van der Waals surface area contributed by atoms with E-state index in [2.05, 4.69) is 45.5 Å². The molecule has 1 fully saturated rings. The number of rotatable bonds is 4. The highest BCUT2D eigenvalue weighted by Crippen LogP contribution is 2.39. The topological polar surface area (TPSA) is 50.3 Å². The zero-order valence-corrected chi connectivity index (χ0v) is 15.6. The largest absolute Gasteiger partial charge is 0.461 e. The standard InChI is InChI=1S/C19H29N5O/c1-4-15(2)12-23-9-7-19(8-10-23)14-22(3)13-17-20-21-18(24(17)19)16-6-5-11-25-16/h5-6,11,15H,4,7-10,12-14H2,1-3H3. The van der Waals surface area contributed by atoms with Gasteiger partial charge in [0.25, 0.3) is 0 Å². The maximum absolute atomic E-state index is 5.65. The minimum absolute atomic E-state index is 0.0832. The van der Waals surface area contributed by atoms with Crippen molar-refractivity contribution in [1.29, 1.82) is 0 Å². The van der Waals surface area contributed by atoms with Gasteiger partial charge in [0.15, 0.2) is 11.6 Å². The van der Waals surface area contributed by atoms with Crippen LogP contribution in [0.5, 0.6) is 0 Å². The number of hydrogen-bond acceptors (Lipinski definition) is 5. The second kappa shape index (κ2) is 6.57. The van der Waals surface area contributed by atoms with E-state index < -0.39 is 0 Å². The van der Waals surface area contributed by atoms with Crippen LogP contribution in [0.4, 0.5) is 0 Å². The second-order valence-corrected chi connectivity index (χ2v) is 7.96. The third-order valence-corrected chi connectivity index (χ3v) is 5.98. The van der Waals surface area contributed by atoms with E-state index in [0.29, 0.717) is 0 Å². The van der Waals surface area contributed by atoms with Gasteiger partial charge in [0.1, 0.15) is 5.82 Å². The first-order chi connectivity index (χ1) is 12.1. The SMILES string of the molecule is CCC(C)CN1CCC2(CC1)CN(C)Cc1nnc(-c3ccco3)n12. The van der Waals surface area contributed by atoms with Crippen molar-refractivity contribution in [2.45, 2.75) is 45.2 Å². The lowest BCUT2D eigenvalue weighted by Gasteiger charge is -2.48. The molecule has 1 atom stereocenters. The van der Waals surface area contributed by atoms with Crippen molar-refractivity contribution in [2.24, 2.45) is 5.92 Å². The van der Waals surface area contributed by atoms with Crippen LogP contribution in [0.15, 0.2) is 22.8 Å². The van der Waals surface area contributed by atoms with Crippen molar-refractivity contribution in [3.8, 4) is 11.6 Å². The summed E-state index contributed by atoms with van der Waals surface area (Å²) in [5.41, 5.74) is 0.0832. The molecule has 1 spiro atoms. The molecule has 2 aliphatic rings. The first kappa shape index (κ1) is 16.8. The first-order valence-electron chi connectivity index (χ1n) is 9.51. The van der Waals surface area contributed by atoms with Gasteiger partial charge >= 0.3 is 0 Å². The molecule has 0 saturated carbocycles. The monoisotopic (exact) mass is 343 g/mol. The highest BCUT2D eigenvalue weighted by atomic mass is 16.3. The predicted molar refractivity (Wildman–Crippen MR) is 97.2 cm³/mol. The van der Waals surface area contributed by atoms with Gasteiger partial charge in [-0.15, -0.1) is 10.2 Å². The smallest absolute Gasteiger partial charge is 0.200 e. The van der Waals surface area contributed by atoms with Crippen molar-refractivity contribution in [2.75, 3.05) is 33.2 Å². The van der Waals surface area contributed by atoms with Gasteiger partial charge in [0.2, 0.25) is 0 Å². The number of piperidine rings is 1. The number of aromatic nitrogens is 3. The molecular formula is C19H29N5O. The number of furan rings is 1. The number of hydrogen-bond donors (Lipinski definition) is 0. The second-order valence-electron chi connectivity index (χ2n) is 7.96. The minimum Gasteiger partial charge on any atom is -0.461 e. The number of nitrogens with zero attached hydrogens (tertiary/aromatic N) is 5. The summed E-state index contributed by atoms with van der Waals surface area (Å²) in [5.74, 6) is 3.55. The fourth-order valence-electron chi connectivity index (χ4n) is 4.46. The van der Waals surface area contributed by atoms with Gasteiger partial charge in [-0.25, -0.2) is 0 Å². The van der Waals surface area contributed by atoms with Gasteiger partial charge in [-0.3, -0.25) is 9.47 Å². The summed E-state index contributed by atoms with van der Waals surface area (Å²) in [6.07, 6.45) is 5.26. The van der Waals surface area contributed by atoms with Crippen LogP contribution in [0.2, 0.25) is 0 Å². The van der Waals surface area contributed by atoms with Crippen LogP contribution >= 0.6 is 0 Å². The molecular weight excluding hydrogens is 314 g/mol. The fourth-order valence-corrected chi connectivity index (χ4v) is 4.46. The van der Waals surface area contributed by atoms with Crippen LogP contribution in [0.3, 0.4) is 0 Å². The summed E-state index contributed by atoms with van der Waals surface area (Å²) in [5, 5.41) is 8.97. The van der Waals surface area contributed by atoms with Gasteiger partial charge < -0.3 is 9.32 Å². The molecule has 0 aromatic carbocycles. The van der Waals surface area contributed by atoms with Crippen molar-refractivity contribution in [3.63, 3.8) is 0 Å². The zero-order chi connectivity index (χ0) is 17.4. The van der Waals surface area contributed by atoms with Gasteiger partial charge in [-0.1, -0.05) is 20.3 Å². The predicted octanol–water partition coefficient (Wildman–Crippen LogP) is 2.82. The maximum atomic E-state index is 5.65. The van der Waals surface area contributed by atoms with Crippen LogP contribution in [0.1, 0.15) is 38.9 Å². The van der Waals surface area contributed by atoms with E-state index >= 15 is 0 Å². The Balaban J connectivity index is 1.63. The molecule has 25 heavy (non-hydrogen) atoms. The lowest BCUT2D eigenvalue weighted by atomic mass is 9.84. The molecule has 6 heteroatoms. The molecule has 136 valence electrons. The molecule has 0 N–H and O–H groups in total. The summed E-state index contributed by atoms with van der Waals surface area (Å²) in [6.45, 7) is 10.1. The zero-order valence-electron chi connectivity index (χ0n) is 15.6. The molecule has 0 aliphatic carbocycles. The summed E-state index contributed by atoms with van der Waals surface area (Å²) in [4.78, 5) is 5.02. The third kappa shape index (κ3) is 3.02. The Morgan fingerprint density at radius 1 is 1.28 bits per heavy atom. The van der Waals surface area contributed by atoms with Crippen molar-refractivity contribution in [3.05, 3.63) is 24.2 Å². The van der Waals surface area contributed by atoms with Crippen LogP contribution in [-0.4, -0.2) is 57.8 Å². The van der Waals surface area contributed by atoms with Gasteiger partial charge in [0.05, 0.1) is 18.3 Å². The summed E-state index contributed by atoms with van der Waals surface area (Å²) in [7, 11) is 2.19. The summed E-state index contributed by atoms with van der Waals surface area (Å²) < 4.78 is 8.04. The van der Waals surface area contributed by atoms with E-state index in [9.17, 15) is 0 Å². The molecule has 4 heterocycles. The molecule has 1 unspecified atom stereocenters. The quantitative estimate of drug-likeness (QED) is 0.854. The number of likely N-dealkylation sites (tertiary alicyclic amines) is 1. The van der Waals surface area contributed by atoms with Gasteiger partial charge in [-0.2, -0.15) is 0 Å². The van der Waals surface area contributed by atoms with Crippen LogP contribution in [0, 0.1) is 5.92 Å². The highest BCUT2D eigenvalue weighted by Gasteiger charge is 2.43. The maximum Gasteiger partial charge on any atom is 0.200 e. The van der Waals surface area contributed by atoms with E-state index in [4.69, 9.17) is 4.42 Å². The number of likely N-dealkylation sites (N-methyl/N-ethyl adjacent to an activating group) is 1. The molecule has 0 radical (unpaired) electrons. The van der Waals surface area contributed by atoms with Crippen LogP contribution in [-0.2, 0) is 12.1 Å². The molecule has 0 amide bonds. The minimum atomic E-state index is 0.0832. The lowest BCUT2D eigenvalue weighted by molar-refractivity contribution is 0.0465. The molecule has 6 nitrogen and oxygen atoms in total. The third-order valence-electron chi connectivity index (χ3n) is 5.98. The van der Waals surface area contributed by atoms with Crippen LogP contribution < -0.4 is 0 Å². The van der Waals surface area contributed by atoms with E-state index in [1.54, 1.807) is 6.26 Å². The molecule has 2 aliphatic heterocycles. The van der Waals surface area contributed by atoms with E-state index in [0.717, 1.165) is 62.3 Å². The Hall–Kier alpha value is -1.66. The normalized spacial score (nSPS) is 22.2. The molecule has 1 saturated heterocycles. The molecule has 2 aromatic heterocycles. The average Bonchev–Trinajstić information content (AvgIpc) is 3.26. The highest BCUT2D eigenvalue weighted by molar-refractivity contribution is 5.48. The fraction of sp³-hybridized carbons (Fsp3) is 0.684. The number of fused-ring (bicyclic) bond motifs is 2. The van der Waals surface area contributed by atoms with Crippen LogP contribution in [0.25, 0.3) is 11.6 Å². The Morgan fingerprint density at radius 3 is 2.76 bits per heavy atom. The molecule has 4 rings (SSSR count).